The molecule has 1 fully saturated rings. The maximum Gasteiger partial charge on any atom is 1.00 e. The first-order chi connectivity index (χ1) is 10.2. The van der Waals surface area contributed by atoms with Crippen LogP contribution in [0.1, 0.15) is 6.42 Å². The van der Waals surface area contributed by atoms with Gasteiger partial charge < -0.3 is 29.7 Å². The van der Waals surface area contributed by atoms with Gasteiger partial charge in [-0.05, 0) is 0 Å². The van der Waals surface area contributed by atoms with Crippen LogP contribution in [0.2, 0.25) is 0 Å². The second-order valence-corrected chi connectivity index (χ2v) is 6.41. The van der Waals surface area contributed by atoms with Crippen LogP contribution in [0, 0.1) is 0 Å². The van der Waals surface area contributed by atoms with Crippen LogP contribution in [0.4, 0.5) is 0 Å². The summed E-state index contributed by atoms with van der Waals surface area (Å²) in [5.74, 6) is 0. The molecular formula is C10H16KNO9S2. The number of thioether (sulfide) groups is 1. The molecule has 5 unspecified atom stereocenters. The van der Waals surface area contributed by atoms with Crippen molar-refractivity contribution < 1.29 is 93.8 Å². The quantitative estimate of drug-likeness (QED) is 0.0647. The van der Waals surface area contributed by atoms with Crippen molar-refractivity contribution in [3.63, 3.8) is 0 Å². The molecule has 0 aromatic carbocycles. The first kappa shape index (κ1) is 23.9. The van der Waals surface area contributed by atoms with Gasteiger partial charge in [0.25, 0.3) is 10.4 Å². The van der Waals surface area contributed by atoms with Crippen molar-refractivity contribution in [2.75, 3.05) is 6.61 Å². The average Bonchev–Trinajstić information content (AvgIpc) is 2.44. The molecule has 4 N–H and O–H groups in total. The van der Waals surface area contributed by atoms with E-state index in [0.717, 1.165) is 0 Å². The molecule has 0 spiro atoms. The third-order valence-corrected chi connectivity index (χ3v) is 4.04. The van der Waals surface area contributed by atoms with Crippen LogP contribution >= 0.6 is 11.8 Å². The fraction of sp³-hybridized carbons (Fsp3) is 0.700. The molecule has 5 atom stereocenters. The van der Waals surface area contributed by atoms with Crippen LogP contribution in [0.3, 0.4) is 0 Å². The number of hydrogen-bond donors (Lipinski definition) is 4. The molecule has 0 aromatic heterocycles. The van der Waals surface area contributed by atoms with Crippen LogP contribution < -0.4 is 51.4 Å². The average molecular weight is 397 g/mol. The first-order valence-corrected chi connectivity index (χ1v) is 8.20. The van der Waals surface area contributed by atoms with Crippen molar-refractivity contribution in [3.05, 3.63) is 12.7 Å². The first-order valence-electron chi connectivity index (χ1n) is 5.99. The van der Waals surface area contributed by atoms with Gasteiger partial charge in [-0.1, -0.05) is 23.0 Å². The molecule has 0 bridgehead atoms. The maximum atomic E-state index is 10.4. The molecule has 0 saturated carbocycles. The third kappa shape index (κ3) is 7.77. The summed E-state index contributed by atoms with van der Waals surface area (Å²) >= 11 is 0.660. The number of allylic oxidation sites excluding steroid dienone is 1. The molecule has 0 radical (unpaired) electrons. The van der Waals surface area contributed by atoms with Crippen molar-refractivity contribution in [2.24, 2.45) is 5.16 Å². The summed E-state index contributed by atoms with van der Waals surface area (Å²) in [7, 11) is -5.04. The zero-order chi connectivity index (χ0) is 16.9. The fourth-order valence-corrected chi connectivity index (χ4v) is 2.91. The predicted octanol–water partition coefficient (Wildman–Crippen LogP) is -5.11. The van der Waals surface area contributed by atoms with E-state index < -0.39 is 46.9 Å². The Labute approximate surface area is 179 Å². The number of hydrogen-bond acceptors (Lipinski definition) is 11. The van der Waals surface area contributed by atoms with Crippen LogP contribution in [0.15, 0.2) is 17.8 Å². The van der Waals surface area contributed by atoms with Gasteiger partial charge in [0.2, 0.25) is 0 Å². The number of nitrogens with zero attached hydrogens (tertiary/aromatic N) is 1. The van der Waals surface area contributed by atoms with Gasteiger partial charge in [-0.2, -0.15) is 8.42 Å². The van der Waals surface area contributed by atoms with Gasteiger partial charge in [-0.15, -0.1) is 6.58 Å². The summed E-state index contributed by atoms with van der Waals surface area (Å²) in [6.07, 6.45) is -4.44. The number of oxime groups is 1. The van der Waals surface area contributed by atoms with Crippen molar-refractivity contribution >= 4 is 27.2 Å². The van der Waals surface area contributed by atoms with E-state index in [2.05, 4.69) is 16.0 Å². The van der Waals surface area contributed by atoms with Gasteiger partial charge in [0.15, 0.2) is 0 Å². The molecule has 1 aliphatic heterocycles. The molecule has 23 heavy (non-hydrogen) atoms. The molecule has 1 aliphatic rings. The topological polar surface area (TPSA) is 169 Å². The molecule has 0 aromatic rings. The Bertz CT molecular complexity index is 512. The summed E-state index contributed by atoms with van der Waals surface area (Å²) in [6.45, 7) is 2.80. The van der Waals surface area contributed by atoms with Gasteiger partial charge >= 0.3 is 51.4 Å². The van der Waals surface area contributed by atoms with E-state index >= 15 is 0 Å². The van der Waals surface area contributed by atoms with E-state index in [4.69, 9.17) is 9.84 Å². The summed E-state index contributed by atoms with van der Waals surface area (Å²) in [5.41, 5.74) is -1.17. The van der Waals surface area contributed by atoms with Crippen molar-refractivity contribution in [3.8, 4) is 0 Å². The van der Waals surface area contributed by atoms with Crippen LogP contribution in [0.5, 0.6) is 0 Å². The SMILES string of the molecule is C=CC/C(=N\OS(=O)(=O)[O-])SC1OC(CO)C(O)C(O)C1O.[K+]. The van der Waals surface area contributed by atoms with Crippen molar-refractivity contribution in [1.82, 2.24) is 0 Å². The van der Waals surface area contributed by atoms with Gasteiger partial charge in [0.05, 0.1) is 6.61 Å². The molecule has 1 saturated heterocycles. The Kier molecular flexibility index (Phi) is 11.2. The molecule has 10 nitrogen and oxygen atoms in total. The minimum atomic E-state index is -5.04. The number of rotatable bonds is 6. The second kappa shape index (κ2) is 10.8. The normalized spacial score (nSPS) is 32.0. The Morgan fingerprint density at radius 1 is 1.35 bits per heavy atom. The summed E-state index contributed by atoms with van der Waals surface area (Å²) in [4.78, 5) is 0. The van der Waals surface area contributed by atoms with E-state index in [9.17, 15) is 28.3 Å². The van der Waals surface area contributed by atoms with Gasteiger partial charge in [-0.25, -0.2) is 0 Å². The predicted molar refractivity (Wildman–Crippen MR) is 74.4 cm³/mol. The minimum Gasteiger partial charge on any atom is -0.714 e. The number of aliphatic hydroxyl groups excluding tert-OH is 4. The maximum absolute atomic E-state index is 10.4. The van der Waals surface area contributed by atoms with E-state index in [-0.39, 0.29) is 62.8 Å². The Morgan fingerprint density at radius 2 is 1.96 bits per heavy atom. The van der Waals surface area contributed by atoms with Crippen LogP contribution in [-0.4, -0.2) is 74.9 Å². The Hall–Kier alpha value is 0.906. The zero-order valence-electron chi connectivity index (χ0n) is 12.2. The monoisotopic (exact) mass is 397 g/mol. The van der Waals surface area contributed by atoms with Crippen molar-refractivity contribution in [1.29, 1.82) is 0 Å². The van der Waals surface area contributed by atoms with Crippen LogP contribution in [0.25, 0.3) is 0 Å². The number of aliphatic hydroxyl groups is 4. The van der Waals surface area contributed by atoms with Gasteiger partial charge in [-0.3, -0.25) is 4.28 Å². The third-order valence-electron chi connectivity index (χ3n) is 2.65. The van der Waals surface area contributed by atoms with E-state index in [1.165, 1.54) is 6.08 Å². The van der Waals surface area contributed by atoms with Crippen LogP contribution in [-0.2, 0) is 19.4 Å². The number of ether oxygens (including phenoxy) is 1. The van der Waals surface area contributed by atoms with Gasteiger partial charge in [0, 0.05) is 6.42 Å². The van der Waals surface area contributed by atoms with Gasteiger partial charge in [0.1, 0.15) is 34.9 Å². The molecule has 1 rings (SSSR count). The van der Waals surface area contributed by atoms with E-state index in [0.29, 0.717) is 11.8 Å². The summed E-state index contributed by atoms with van der Waals surface area (Å²) < 4.78 is 40.1. The van der Waals surface area contributed by atoms with E-state index in [1.54, 1.807) is 0 Å². The Morgan fingerprint density at radius 3 is 2.43 bits per heavy atom. The molecule has 1 heterocycles. The fourth-order valence-electron chi connectivity index (χ4n) is 1.62. The molecule has 0 amide bonds. The zero-order valence-corrected chi connectivity index (χ0v) is 16.9. The summed E-state index contributed by atoms with van der Waals surface area (Å²) in [5, 5.41) is 41.2. The molecule has 13 heteroatoms. The second-order valence-electron chi connectivity index (χ2n) is 4.28. The molecular weight excluding hydrogens is 381 g/mol. The largest absolute Gasteiger partial charge is 1.00 e. The standard InChI is InChI=1S/C10H17NO9S2.K/c1-2-3-6(11-20-22(16,17)18)21-10-9(15)8(14)7(13)5(4-12)19-10;/h2,5,7-10,12-15H,1,3-4H2,(H,16,17,18);/q;+1/p-1/b11-6+;. The minimum absolute atomic E-state index is 0. The molecule has 128 valence electrons. The van der Waals surface area contributed by atoms with Crippen molar-refractivity contribution in [2.45, 2.75) is 36.3 Å². The molecule has 0 aliphatic carbocycles. The smallest absolute Gasteiger partial charge is 0.714 e. The van der Waals surface area contributed by atoms with E-state index in [1.807, 2.05) is 0 Å². The Balaban J connectivity index is 0.00000484. The summed E-state index contributed by atoms with van der Waals surface area (Å²) in [6, 6.07) is 0.